The number of aromatic nitrogens is 2. The van der Waals surface area contributed by atoms with E-state index in [1.165, 1.54) is 6.07 Å². The Hall–Kier alpha value is -3.72. The summed E-state index contributed by atoms with van der Waals surface area (Å²) in [6.45, 7) is 1.70. The average molecular weight is 466 g/mol. The second kappa shape index (κ2) is 8.57. The fraction of sp³-hybridized carbons (Fsp3) is 0.280. The van der Waals surface area contributed by atoms with Crippen LogP contribution in [0.5, 0.6) is 5.75 Å². The van der Waals surface area contributed by atoms with Crippen LogP contribution < -0.4 is 4.74 Å². The van der Waals surface area contributed by atoms with Gasteiger partial charge in [-0.1, -0.05) is 17.3 Å². The van der Waals surface area contributed by atoms with Crippen molar-refractivity contribution in [3.05, 3.63) is 83.0 Å². The van der Waals surface area contributed by atoms with E-state index in [0.717, 1.165) is 34.7 Å². The number of amidine groups is 1. The van der Waals surface area contributed by atoms with E-state index in [2.05, 4.69) is 10.1 Å². The van der Waals surface area contributed by atoms with Crippen molar-refractivity contribution in [1.82, 2.24) is 14.5 Å². The highest BCUT2D eigenvalue weighted by atomic mass is 19.1. The third kappa shape index (κ3) is 3.52. The molecule has 5 rings (SSSR count). The first-order valence-corrected chi connectivity index (χ1v) is 11.0. The summed E-state index contributed by atoms with van der Waals surface area (Å²) in [6, 6.07) is 9.36. The molecule has 1 aromatic heterocycles. The van der Waals surface area contributed by atoms with Gasteiger partial charge in [0.2, 0.25) is 0 Å². The SMILES string of the molecule is COc1cc(/C=C2\CCCN3C2=NOC3(CO)c2c(F)cccc2F)ccc1-n1cnc(C)c1. The fourth-order valence-corrected chi connectivity index (χ4v) is 4.58. The van der Waals surface area contributed by atoms with Crippen LogP contribution in [0.25, 0.3) is 11.8 Å². The van der Waals surface area contributed by atoms with Crippen molar-refractivity contribution >= 4 is 11.9 Å². The molecule has 34 heavy (non-hydrogen) atoms. The summed E-state index contributed by atoms with van der Waals surface area (Å²) in [5.41, 5.74) is 1.37. The van der Waals surface area contributed by atoms with Crippen LogP contribution in [0.3, 0.4) is 0 Å². The van der Waals surface area contributed by atoms with E-state index in [9.17, 15) is 13.9 Å². The second-order valence-corrected chi connectivity index (χ2v) is 8.32. The van der Waals surface area contributed by atoms with E-state index >= 15 is 0 Å². The lowest BCUT2D eigenvalue weighted by molar-refractivity contribution is -0.141. The first-order valence-electron chi connectivity index (χ1n) is 11.0. The minimum Gasteiger partial charge on any atom is -0.495 e. The van der Waals surface area contributed by atoms with Gasteiger partial charge in [0.1, 0.15) is 24.0 Å². The first kappa shape index (κ1) is 22.1. The third-order valence-electron chi connectivity index (χ3n) is 6.19. The Kier molecular flexibility index (Phi) is 5.57. The normalized spacial score (nSPS) is 20.8. The van der Waals surface area contributed by atoms with Gasteiger partial charge in [0.25, 0.3) is 5.72 Å². The minimum atomic E-state index is -1.74. The molecule has 1 unspecified atom stereocenters. The zero-order valence-electron chi connectivity index (χ0n) is 18.8. The lowest BCUT2D eigenvalue weighted by atomic mass is 9.94. The number of halogens is 2. The molecule has 0 spiro atoms. The number of oxime groups is 1. The number of benzene rings is 2. The lowest BCUT2D eigenvalue weighted by Gasteiger charge is -2.39. The Morgan fingerprint density at radius 2 is 2.03 bits per heavy atom. The number of hydrogen-bond acceptors (Lipinski definition) is 6. The summed E-state index contributed by atoms with van der Waals surface area (Å²) in [6.07, 6.45) is 6.99. The van der Waals surface area contributed by atoms with Crippen LogP contribution in [0.4, 0.5) is 8.78 Å². The van der Waals surface area contributed by atoms with Gasteiger partial charge in [0, 0.05) is 12.7 Å². The molecule has 1 saturated heterocycles. The number of piperidine rings is 1. The second-order valence-electron chi connectivity index (χ2n) is 8.32. The molecule has 2 aliphatic heterocycles. The minimum absolute atomic E-state index is 0.348. The summed E-state index contributed by atoms with van der Waals surface area (Å²) in [5, 5.41) is 14.4. The maximum absolute atomic E-state index is 14.7. The number of hydrogen-bond donors (Lipinski definition) is 1. The summed E-state index contributed by atoms with van der Waals surface area (Å²) >= 11 is 0. The molecule has 2 aliphatic rings. The highest BCUT2D eigenvalue weighted by Gasteiger charge is 2.52. The third-order valence-corrected chi connectivity index (χ3v) is 6.19. The first-order chi connectivity index (χ1) is 16.5. The molecule has 0 radical (unpaired) electrons. The van der Waals surface area contributed by atoms with E-state index in [1.54, 1.807) is 18.3 Å². The van der Waals surface area contributed by atoms with Crippen LogP contribution >= 0.6 is 0 Å². The van der Waals surface area contributed by atoms with Crippen LogP contribution in [0.15, 0.2) is 59.7 Å². The Balaban J connectivity index is 1.50. The topological polar surface area (TPSA) is 72.1 Å². The number of ether oxygens (including phenoxy) is 1. The molecule has 2 aromatic carbocycles. The number of aliphatic hydroxyl groups is 1. The summed E-state index contributed by atoms with van der Waals surface area (Å²) in [5.74, 6) is -0.466. The molecule has 3 aromatic rings. The number of rotatable bonds is 5. The Morgan fingerprint density at radius 3 is 2.71 bits per heavy atom. The Labute approximate surface area is 195 Å². The summed E-state index contributed by atoms with van der Waals surface area (Å²) in [4.78, 5) is 11.5. The van der Waals surface area contributed by atoms with Gasteiger partial charge >= 0.3 is 0 Å². The van der Waals surface area contributed by atoms with Gasteiger partial charge in [-0.2, -0.15) is 0 Å². The number of fused-ring (bicyclic) bond motifs is 1. The van der Waals surface area contributed by atoms with Crippen molar-refractivity contribution < 1.29 is 23.5 Å². The molecule has 1 atom stereocenters. The van der Waals surface area contributed by atoms with E-state index in [1.807, 2.05) is 42.0 Å². The van der Waals surface area contributed by atoms with Crippen LogP contribution in [0.2, 0.25) is 0 Å². The standard InChI is InChI=1S/C25H24F2N4O3/c1-16-13-30(15-28-16)21-9-8-17(12-22(21)33-2)11-18-5-4-10-31-24(18)29-34-25(31,14-32)23-19(26)6-3-7-20(23)27/h3,6-9,11-13,15,32H,4-5,10,14H2,1-2H3/b18-11+. The van der Waals surface area contributed by atoms with Gasteiger partial charge in [0.05, 0.1) is 30.4 Å². The molecule has 3 heterocycles. The molecule has 9 heteroatoms. The molecule has 1 N–H and O–H groups in total. The maximum atomic E-state index is 14.7. The molecular formula is C25H24F2N4O3. The highest BCUT2D eigenvalue weighted by Crippen LogP contribution is 2.42. The van der Waals surface area contributed by atoms with Crippen LogP contribution in [-0.4, -0.2) is 45.7 Å². The van der Waals surface area contributed by atoms with Crippen molar-refractivity contribution in [1.29, 1.82) is 0 Å². The van der Waals surface area contributed by atoms with Gasteiger partial charge in [-0.25, -0.2) is 13.8 Å². The number of aryl methyl sites for hydroxylation is 1. The zero-order valence-corrected chi connectivity index (χ0v) is 18.8. The Morgan fingerprint density at radius 1 is 1.24 bits per heavy atom. The Bertz CT molecular complexity index is 1280. The number of aliphatic hydroxyl groups excluding tert-OH is 1. The lowest BCUT2D eigenvalue weighted by Crippen LogP contribution is -2.52. The summed E-state index contributed by atoms with van der Waals surface area (Å²) < 4.78 is 36.8. The molecule has 1 fully saturated rings. The molecular weight excluding hydrogens is 442 g/mol. The monoisotopic (exact) mass is 466 g/mol. The van der Waals surface area contributed by atoms with Crippen molar-refractivity contribution in [3.8, 4) is 11.4 Å². The van der Waals surface area contributed by atoms with Gasteiger partial charge in [-0.3, -0.25) is 0 Å². The smallest absolute Gasteiger partial charge is 0.266 e. The van der Waals surface area contributed by atoms with Crippen molar-refractivity contribution in [2.24, 2.45) is 5.16 Å². The quantitative estimate of drug-likeness (QED) is 0.612. The highest BCUT2D eigenvalue weighted by molar-refractivity contribution is 6.03. The predicted octanol–water partition coefficient (Wildman–Crippen LogP) is 4.14. The fourth-order valence-electron chi connectivity index (χ4n) is 4.58. The van der Waals surface area contributed by atoms with E-state index in [4.69, 9.17) is 9.57 Å². The van der Waals surface area contributed by atoms with Crippen LogP contribution in [0, 0.1) is 18.6 Å². The van der Waals surface area contributed by atoms with E-state index < -0.39 is 24.0 Å². The summed E-state index contributed by atoms with van der Waals surface area (Å²) in [7, 11) is 1.61. The molecule has 0 saturated carbocycles. The van der Waals surface area contributed by atoms with Crippen molar-refractivity contribution in [2.45, 2.75) is 25.5 Å². The van der Waals surface area contributed by atoms with Crippen molar-refractivity contribution in [3.63, 3.8) is 0 Å². The molecule has 0 amide bonds. The molecule has 176 valence electrons. The maximum Gasteiger partial charge on any atom is 0.266 e. The number of methoxy groups -OCH3 is 1. The molecule has 7 nitrogen and oxygen atoms in total. The number of imidazole rings is 1. The zero-order chi connectivity index (χ0) is 23.9. The van der Waals surface area contributed by atoms with Gasteiger partial charge in [-0.15, -0.1) is 0 Å². The average Bonchev–Trinajstić information content (AvgIpc) is 3.44. The van der Waals surface area contributed by atoms with Gasteiger partial charge in [-0.05, 0) is 61.2 Å². The predicted molar refractivity (Wildman–Crippen MR) is 122 cm³/mol. The van der Waals surface area contributed by atoms with E-state index in [-0.39, 0.29) is 5.56 Å². The molecule has 0 bridgehead atoms. The largest absolute Gasteiger partial charge is 0.495 e. The van der Waals surface area contributed by atoms with Gasteiger partial charge in [0.15, 0.2) is 5.84 Å². The van der Waals surface area contributed by atoms with Crippen molar-refractivity contribution in [2.75, 3.05) is 20.3 Å². The van der Waals surface area contributed by atoms with E-state index in [0.29, 0.717) is 31.0 Å². The van der Waals surface area contributed by atoms with Crippen LogP contribution in [-0.2, 0) is 10.6 Å². The van der Waals surface area contributed by atoms with Gasteiger partial charge < -0.3 is 24.1 Å². The number of nitrogens with zero attached hydrogens (tertiary/aromatic N) is 4. The van der Waals surface area contributed by atoms with Crippen LogP contribution in [0.1, 0.15) is 29.7 Å². The molecule has 0 aliphatic carbocycles.